The molecule has 0 spiro atoms. The quantitative estimate of drug-likeness (QED) is 0.889. The number of rotatable bonds is 4. The first-order valence-electron chi connectivity index (χ1n) is 6.73. The van der Waals surface area contributed by atoms with E-state index in [4.69, 9.17) is 5.11 Å². The van der Waals surface area contributed by atoms with Gasteiger partial charge >= 0.3 is 5.97 Å². The molecule has 2 rings (SSSR count). The number of hydrogen-bond acceptors (Lipinski definition) is 2. The Kier molecular flexibility index (Phi) is 4.37. The van der Waals surface area contributed by atoms with E-state index in [-0.39, 0.29) is 0 Å². The second-order valence-electron chi connectivity index (χ2n) is 5.08. The van der Waals surface area contributed by atoms with Crippen molar-refractivity contribution in [1.82, 2.24) is 4.90 Å². The summed E-state index contributed by atoms with van der Waals surface area (Å²) < 4.78 is 0. The van der Waals surface area contributed by atoms with Crippen LogP contribution in [0, 0.1) is 5.92 Å². The van der Waals surface area contributed by atoms with E-state index in [0.29, 0.717) is 5.56 Å². The molecule has 0 saturated carbocycles. The van der Waals surface area contributed by atoms with E-state index in [9.17, 15) is 4.79 Å². The Hall–Kier alpha value is -1.35. The highest BCUT2D eigenvalue weighted by atomic mass is 16.4. The van der Waals surface area contributed by atoms with Gasteiger partial charge in [-0.05, 0) is 62.5 Å². The van der Waals surface area contributed by atoms with Crippen molar-refractivity contribution in [3.05, 3.63) is 35.4 Å². The zero-order chi connectivity index (χ0) is 13.0. The molecule has 1 aromatic rings. The number of hydrogen-bond donors (Lipinski definition) is 1. The summed E-state index contributed by atoms with van der Waals surface area (Å²) in [5.41, 5.74) is 1.63. The van der Waals surface area contributed by atoms with Gasteiger partial charge in [0.15, 0.2) is 0 Å². The highest BCUT2D eigenvalue weighted by molar-refractivity contribution is 5.87. The number of likely N-dealkylation sites (tertiary alicyclic amines) is 1. The third-order valence-corrected chi connectivity index (χ3v) is 3.88. The molecule has 1 aromatic carbocycles. The van der Waals surface area contributed by atoms with Gasteiger partial charge in [-0.2, -0.15) is 0 Å². The first kappa shape index (κ1) is 13.1. The lowest BCUT2D eigenvalue weighted by molar-refractivity contribution is 0.0697. The summed E-state index contributed by atoms with van der Waals surface area (Å²) in [5.74, 6) is -0.0960. The molecule has 1 aliphatic heterocycles. The first-order valence-corrected chi connectivity index (χ1v) is 6.73. The second kappa shape index (κ2) is 6.01. The Morgan fingerprint density at radius 1 is 1.28 bits per heavy atom. The van der Waals surface area contributed by atoms with E-state index >= 15 is 0 Å². The third kappa shape index (κ3) is 3.33. The summed E-state index contributed by atoms with van der Waals surface area (Å²) in [6.07, 6.45) is 3.60. The maximum absolute atomic E-state index is 10.8. The Bertz CT molecular complexity index is 391. The first-order chi connectivity index (χ1) is 8.69. The summed E-state index contributed by atoms with van der Waals surface area (Å²) in [4.78, 5) is 13.3. The maximum atomic E-state index is 10.8. The van der Waals surface area contributed by atoms with Crippen LogP contribution in [-0.4, -0.2) is 35.6 Å². The van der Waals surface area contributed by atoms with E-state index in [2.05, 4.69) is 11.8 Å². The van der Waals surface area contributed by atoms with Crippen molar-refractivity contribution in [3.8, 4) is 0 Å². The number of benzene rings is 1. The van der Waals surface area contributed by atoms with Crippen molar-refractivity contribution in [2.75, 3.05) is 19.6 Å². The maximum Gasteiger partial charge on any atom is 0.335 e. The van der Waals surface area contributed by atoms with Crippen LogP contribution in [0.25, 0.3) is 0 Å². The number of carbonyl (C=O) groups is 1. The molecule has 0 unspecified atom stereocenters. The molecular formula is C15H21NO2. The minimum absolute atomic E-state index is 0.375. The average molecular weight is 247 g/mol. The number of nitrogens with zero attached hydrogens (tertiary/aromatic N) is 1. The van der Waals surface area contributed by atoms with E-state index in [1.165, 1.54) is 31.5 Å². The molecule has 3 nitrogen and oxygen atoms in total. The molecule has 1 fully saturated rings. The van der Waals surface area contributed by atoms with Gasteiger partial charge in [0.2, 0.25) is 0 Å². The van der Waals surface area contributed by atoms with Crippen molar-refractivity contribution in [2.24, 2.45) is 5.92 Å². The number of carboxylic acids is 1. The fourth-order valence-electron chi connectivity index (χ4n) is 2.62. The topological polar surface area (TPSA) is 40.5 Å². The van der Waals surface area contributed by atoms with Crippen LogP contribution in [0.3, 0.4) is 0 Å². The fraction of sp³-hybridized carbons (Fsp3) is 0.533. The number of piperidine rings is 1. The lowest BCUT2D eigenvalue weighted by Gasteiger charge is -2.31. The minimum atomic E-state index is -0.849. The molecule has 3 heteroatoms. The molecule has 0 amide bonds. The van der Waals surface area contributed by atoms with Crippen LogP contribution in [0.4, 0.5) is 0 Å². The number of carboxylic acid groups (broad SMARTS) is 1. The lowest BCUT2D eigenvalue weighted by Crippen LogP contribution is -2.34. The molecule has 0 atom stereocenters. The van der Waals surface area contributed by atoms with Crippen LogP contribution in [-0.2, 0) is 6.42 Å². The molecule has 1 aliphatic rings. The predicted octanol–water partition coefficient (Wildman–Crippen LogP) is 2.66. The molecule has 0 bridgehead atoms. The van der Waals surface area contributed by atoms with Gasteiger partial charge < -0.3 is 10.0 Å². The zero-order valence-electron chi connectivity index (χ0n) is 10.9. The molecule has 1 N–H and O–H groups in total. The Morgan fingerprint density at radius 3 is 2.39 bits per heavy atom. The van der Waals surface area contributed by atoms with Crippen molar-refractivity contribution < 1.29 is 9.90 Å². The van der Waals surface area contributed by atoms with Crippen LogP contribution in [0.2, 0.25) is 0 Å². The van der Waals surface area contributed by atoms with Crippen molar-refractivity contribution in [2.45, 2.75) is 26.2 Å². The monoisotopic (exact) mass is 247 g/mol. The van der Waals surface area contributed by atoms with E-state index < -0.39 is 5.97 Å². The largest absolute Gasteiger partial charge is 0.478 e. The van der Waals surface area contributed by atoms with Gasteiger partial charge in [0.25, 0.3) is 0 Å². The van der Waals surface area contributed by atoms with Gasteiger partial charge in [-0.25, -0.2) is 4.79 Å². The van der Waals surface area contributed by atoms with Crippen molar-refractivity contribution >= 4 is 5.97 Å². The predicted molar refractivity (Wildman–Crippen MR) is 71.9 cm³/mol. The summed E-state index contributed by atoms with van der Waals surface area (Å²) in [6, 6.07) is 7.32. The average Bonchev–Trinajstić information content (AvgIpc) is 2.40. The van der Waals surface area contributed by atoms with Crippen LogP contribution in [0.15, 0.2) is 24.3 Å². The zero-order valence-corrected chi connectivity index (χ0v) is 10.9. The Morgan fingerprint density at radius 2 is 1.89 bits per heavy atom. The standard InChI is InChI=1S/C15H21NO2/c1-2-16-9-7-13(8-10-16)11-12-3-5-14(6-4-12)15(17)18/h3-6,13H,2,7-11H2,1H3,(H,17,18). The van der Waals surface area contributed by atoms with E-state index in [1.54, 1.807) is 12.1 Å². The molecule has 1 heterocycles. The summed E-state index contributed by atoms with van der Waals surface area (Å²) in [7, 11) is 0. The summed E-state index contributed by atoms with van der Waals surface area (Å²) >= 11 is 0. The molecule has 0 aliphatic carbocycles. The fourth-order valence-corrected chi connectivity index (χ4v) is 2.62. The van der Waals surface area contributed by atoms with Gasteiger partial charge in [-0.15, -0.1) is 0 Å². The van der Waals surface area contributed by atoms with Crippen LogP contribution < -0.4 is 0 Å². The summed E-state index contributed by atoms with van der Waals surface area (Å²) in [6.45, 7) is 5.77. The Labute approximate surface area is 108 Å². The highest BCUT2D eigenvalue weighted by Gasteiger charge is 2.18. The normalized spacial score (nSPS) is 17.8. The SMILES string of the molecule is CCN1CCC(Cc2ccc(C(=O)O)cc2)CC1. The molecule has 18 heavy (non-hydrogen) atoms. The summed E-state index contributed by atoms with van der Waals surface area (Å²) in [5, 5.41) is 8.85. The molecular weight excluding hydrogens is 226 g/mol. The third-order valence-electron chi connectivity index (χ3n) is 3.88. The van der Waals surface area contributed by atoms with Crippen molar-refractivity contribution in [3.63, 3.8) is 0 Å². The van der Waals surface area contributed by atoms with E-state index in [1.807, 2.05) is 12.1 Å². The van der Waals surface area contributed by atoms with Crippen LogP contribution >= 0.6 is 0 Å². The van der Waals surface area contributed by atoms with Gasteiger partial charge in [0.05, 0.1) is 5.56 Å². The van der Waals surface area contributed by atoms with Crippen LogP contribution in [0.5, 0.6) is 0 Å². The van der Waals surface area contributed by atoms with Gasteiger partial charge in [0.1, 0.15) is 0 Å². The highest BCUT2D eigenvalue weighted by Crippen LogP contribution is 2.21. The number of aromatic carboxylic acids is 1. The minimum Gasteiger partial charge on any atom is -0.478 e. The Balaban J connectivity index is 1.88. The molecule has 0 radical (unpaired) electrons. The van der Waals surface area contributed by atoms with Crippen molar-refractivity contribution in [1.29, 1.82) is 0 Å². The van der Waals surface area contributed by atoms with Gasteiger partial charge in [-0.1, -0.05) is 19.1 Å². The van der Waals surface area contributed by atoms with Gasteiger partial charge in [0, 0.05) is 0 Å². The smallest absolute Gasteiger partial charge is 0.335 e. The van der Waals surface area contributed by atoms with Crippen LogP contribution in [0.1, 0.15) is 35.7 Å². The lowest BCUT2D eigenvalue weighted by atomic mass is 9.90. The molecule has 0 aromatic heterocycles. The second-order valence-corrected chi connectivity index (χ2v) is 5.08. The molecule has 1 saturated heterocycles. The van der Waals surface area contributed by atoms with Gasteiger partial charge in [-0.3, -0.25) is 0 Å². The molecule has 98 valence electrons. The van der Waals surface area contributed by atoms with E-state index in [0.717, 1.165) is 18.9 Å².